The molecule has 0 fully saturated rings. The van der Waals surface area contributed by atoms with Crippen molar-refractivity contribution >= 4 is 10.9 Å². The Bertz CT molecular complexity index is 429. The first-order valence-corrected chi connectivity index (χ1v) is 4.45. The molecule has 0 saturated heterocycles. The van der Waals surface area contributed by atoms with Crippen molar-refractivity contribution in [3.63, 3.8) is 0 Å². The first kappa shape index (κ1) is 8.30. The summed E-state index contributed by atoms with van der Waals surface area (Å²) in [6.07, 6.45) is 1.84. The molecule has 2 heteroatoms. The van der Waals surface area contributed by atoms with Gasteiger partial charge in [0, 0.05) is 17.1 Å². The van der Waals surface area contributed by atoms with Gasteiger partial charge in [-0.2, -0.15) is 0 Å². The fourth-order valence-corrected chi connectivity index (χ4v) is 1.72. The number of fused-ring (bicyclic) bond motifs is 1. The molecule has 0 atom stereocenters. The van der Waals surface area contributed by atoms with Gasteiger partial charge in [0.1, 0.15) is 5.82 Å². The molecule has 13 heavy (non-hydrogen) atoms. The number of aromatic nitrogens is 1. The molecule has 0 aliphatic carbocycles. The Morgan fingerprint density at radius 2 is 2.00 bits per heavy atom. The predicted octanol–water partition coefficient (Wildman–Crippen LogP) is 3.43. The first-order valence-electron chi connectivity index (χ1n) is 4.45. The molecule has 0 spiro atoms. The van der Waals surface area contributed by atoms with Gasteiger partial charge in [-0.15, -0.1) is 0 Å². The number of benzene rings is 1. The van der Waals surface area contributed by atoms with Crippen LogP contribution < -0.4 is 0 Å². The van der Waals surface area contributed by atoms with Crippen molar-refractivity contribution in [1.82, 2.24) is 4.98 Å². The van der Waals surface area contributed by atoms with E-state index in [0.717, 1.165) is 16.5 Å². The van der Waals surface area contributed by atoms with Gasteiger partial charge in [-0.1, -0.05) is 13.8 Å². The normalized spacial score (nSPS) is 11.4. The summed E-state index contributed by atoms with van der Waals surface area (Å²) < 4.78 is 13.4. The SMILES string of the molecule is CC(C)c1c(F)ccc2[nH]ccc12. The molecule has 1 heterocycles. The van der Waals surface area contributed by atoms with Crippen molar-refractivity contribution in [2.24, 2.45) is 0 Å². The Kier molecular flexibility index (Phi) is 1.83. The zero-order chi connectivity index (χ0) is 9.42. The zero-order valence-electron chi connectivity index (χ0n) is 7.76. The van der Waals surface area contributed by atoms with Crippen molar-refractivity contribution in [1.29, 1.82) is 0 Å². The van der Waals surface area contributed by atoms with Crippen molar-refractivity contribution in [2.75, 3.05) is 0 Å². The second kappa shape index (κ2) is 2.87. The van der Waals surface area contributed by atoms with Crippen LogP contribution >= 0.6 is 0 Å². The topological polar surface area (TPSA) is 15.8 Å². The molecule has 1 aromatic heterocycles. The van der Waals surface area contributed by atoms with Crippen LogP contribution in [0.5, 0.6) is 0 Å². The number of H-pyrrole nitrogens is 1. The van der Waals surface area contributed by atoms with Gasteiger partial charge in [-0.3, -0.25) is 0 Å². The van der Waals surface area contributed by atoms with Crippen LogP contribution in [0.2, 0.25) is 0 Å². The Labute approximate surface area is 76.6 Å². The summed E-state index contributed by atoms with van der Waals surface area (Å²) in [6.45, 7) is 4.01. The van der Waals surface area contributed by atoms with Gasteiger partial charge in [-0.25, -0.2) is 4.39 Å². The monoisotopic (exact) mass is 177 g/mol. The second-order valence-corrected chi connectivity index (χ2v) is 3.55. The van der Waals surface area contributed by atoms with E-state index in [1.807, 2.05) is 26.1 Å². The van der Waals surface area contributed by atoms with Crippen LogP contribution in [0.4, 0.5) is 4.39 Å². The molecule has 0 radical (unpaired) electrons. The minimum Gasteiger partial charge on any atom is -0.361 e. The average Bonchev–Trinajstić information content (AvgIpc) is 2.50. The molecule has 1 aromatic carbocycles. The van der Waals surface area contributed by atoms with E-state index in [4.69, 9.17) is 0 Å². The molecule has 0 saturated carbocycles. The number of hydrogen-bond donors (Lipinski definition) is 1. The van der Waals surface area contributed by atoms with Gasteiger partial charge >= 0.3 is 0 Å². The van der Waals surface area contributed by atoms with E-state index in [1.165, 1.54) is 6.07 Å². The van der Waals surface area contributed by atoms with E-state index >= 15 is 0 Å². The Morgan fingerprint density at radius 3 is 2.69 bits per heavy atom. The maximum atomic E-state index is 13.4. The third kappa shape index (κ3) is 1.22. The lowest BCUT2D eigenvalue weighted by Gasteiger charge is -2.08. The van der Waals surface area contributed by atoms with Crippen molar-refractivity contribution < 1.29 is 4.39 Å². The molecule has 0 bridgehead atoms. The molecule has 0 amide bonds. The van der Waals surface area contributed by atoms with Crippen LogP contribution in [0.15, 0.2) is 24.4 Å². The van der Waals surface area contributed by atoms with Crippen molar-refractivity contribution in [2.45, 2.75) is 19.8 Å². The number of halogens is 1. The quantitative estimate of drug-likeness (QED) is 0.686. The maximum absolute atomic E-state index is 13.4. The molecular formula is C11H12FN. The summed E-state index contributed by atoms with van der Waals surface area (Å²) >= 11 is 0. The first-order chi connectivity index (χ1) is 6.20. The Hall–Kier alpha value is -1.31. The minimum atomic E-state index is -0.109. The van der Waals surface area contributed by atoms with Crippen LogP contribution in [-0.2, 0) is 0 Å². The standard InChI is InChI=1S/C11H12FN/c1-7(2)11-8-5-6-13-10(8)4-3-9(11)12/h3-7,13H,1-2H3. The fraction of sp³-hybridized carbons (Fsp3) is 0.273. The number of hydrogen-bond acceptors (Lipinski definition) is 0. The number of aromatic amines is 1. The highest BCUT2D eigenvalue weighted by atomic mass is 19.1. The van der Waals surface area contributed by atoms with Gasteiger partial charge in [0.15, 0.2) is 0 Å². The molecule has 68 valence electrons. The lowest BCUT2D eigenvalue weighted by Crippen LogP contribution is -1.93. The molecule has 0 unspecified atom stereocenters. The average molecular weight is 177 g/mol. The Balaban J connectivity index is 2.80. The van der Waals surface area contributed by atoms with Crippen LogP contribution in [0, 0.1) is 5.82 Å². The van der Waals surface area contributed by atoms with E-state index in [0.29, 0.717) is 0 Å². The summed E-state index contributed by atoms with van der Waals surface area (Å²) in [4.78, 5) is 3.08. The highest BCUT2D eigenvalue weighted by Crippen LogP contribution is 2.27. The minimum absolute atomic E-state index is 0.109. The molecule has 2 aromatic rings. The van der Waals surface area contributed by atoms with Crippen LogP contribution in [-0.4, -0.2) is 4.98 Å². The van der Waals surface area contributed by atoms with E-state index < -0.39 is 0 Å². The summed E-state index contributed by atoms with van der Waals surface area (Å²) in [6, 6.07) is 5.22. The molecule has 1 N–H and O–H groups in total. The summed E-state index contributed by atoms with van der Waals surface area (Å²) in [5.74, 6) is 0.113. The van der Waals surface area contributed by atoms with Crippen molar-refractivity contribution in [3.8, 4) is 0 Å². The third-order valence-electron chi connectivity index (χ3n) is 2.30. The maximum Gasteiger partial charge on any atom is 0.127 e. The lowest BCUT2D eigenvalue weighted by atomic mass is 9.99. The molecular weight excluding hydrogens is 165 g/mol. The third-order valence-corrected chi connectivity index (χ3v) is 2.30. The van der Waals surface area contributed by atoms with Gasteiger partial charge < -0.3 is 4.98 Å². The number of nitrogens with one attached hydrogen (secondary N) is 1. The van der Waals surface area contributed by atoms with Gasteiger partial charge in [0.05, 0.1) is 0 Å². The zero-order valence-corrected chi connectivity index (χ0v) is 7.76. The van der Waals surface area contributed by atoms with Crippen LogP contribution in [0.1, 0.15) is 25.3 Å². The second-order valence-electron chi connectivity index (χ2n) is 3.55. The van der Waals surface area contributed by atoms with E-state index in [1.54, 1.807) is 6.07 Å². The molecule has 0 aliphatic heterocycles. The lowest BCUT2D eigenvalue weighted by molar-refractivity contribution is 0.602. The van der Waals surface area contributed by atoms with Gasteiger partial charge in [0.25, 0.3) is 0 Å². The summed E-state index contributed by atoms with van der Waals surface area (Å²) in [7, 11) is 0. The van der Waals surface area contributed by atoms with E-state index in [2.05, 4.69) is 4.98 Å². The fourth-order valence-electron chi connectivity index (χ4n) is 1.72. The molecule has 1 nitrogen and oxygen atoms in total. The molecule has 2 rings (SSSR count). The van der Waals surface area contributed by atoms with Gasteiger partial charge in [0.2, 0.25) is 0 Å². The van der Waals surface area contributed by atoms with Crippen LogP contribution in [0.25, 0.3) is 10.9 Å². The highest BCUT2D eigenvalue weighted by molar-refractivity contribution is 5.83. The van der Waals surface area contributed by atoms with E-state index in [9.17, 15) is 4.39 Å². The predicted molar refractivity (Wildman–Crippen MR) is 52.3 cm³/mol. The van der Waals surface area contributed by atoms with Gasteiger partial charge in [-0.05, 0) is 29.7 Å². The summed E-state index contributed by atoms with van der Waals surface area (Å²) in [5, 5.41) is 0.995. The van der Waals surface area contributed by atoms with E-state index in [-0.39, 0.29) is 11.7 Å². The number of rotatable bonds is 1. The Morgan fingerprint density at radius 1 is 1.23 bits per heavy atom. The van der Waals surface area contributed by atoms with Crippen LogP contribution in [0.3, 0.4) is 0 Å². The summed E-state index contributed by atoms with van der Waals surface area (Å²) in [5.41, 5.74) is 1.81. The molecule has 0 aliphatic rings. The highest BCUT2D eigenvalue weighted by Gasteiger charge is 2.10. The largest absolute Gasteiger partial charge is 0.361 e. The van der Waals surface area contributed by atoms with Crippen molar-refractivity contribution in [3.05, 3.63) is 35.8 Å². The smallest absolute Gasteiger partial charge is 0.127 e.